The van der Waals surface area contributed by atoms with E-state index >= 15 is 0 Å². The summed E-state index contributed by atoms with van der Waals surface area (Å²) in [6.45, 7) is 36.8. The van der Waals surface area contributed by atoms with Gasteiger partial charge in [0.05, 0.1) is 0 Å². The molecule has 0 amide bonds. The van der Waals surface area contributed by atoms with Gasteiger partial charge in [0.25, 0.3) is 0 Å². The molecule has 1 aliphatic rings. The molecule has 1 rings (SSSR count). The minimum absolute atomic E-state index is 0.0820. The van der Waals surface area contributed by atoms with Gasteiger partial charge in [0.1, 0.15) is 0 Å². The van der Waals surface area contributed by atoms with Crippen molar-refractivity contribution in [2.45, 2.75) is 155 Å². The third-order valence-corrected chi connectivity index (χ3v) is 31.2. The van der Waals surface area contributed by atoms with Crippen molar-refractivity contribution in [3.05, 3.63) is 0 Å². The van der Waals surface area contributed by atoms with Crippen LogP contribution in [-0.2, 0) is 16.5 Å². The third-order valence-electron chi connectivity index (χ3n) is 7.75. The first-order chi connectivity index (χ1) is 14.1. The first kappa shape index (κ1) is 30.7. The lowest BCUT2D eigenvalue weighted by Gasteiger charge is -2.62. The normalized spacial score (nSPS) is 36.0. The summed E-state index contributed by atoms with van der Waals surface area (Å²) in [4.78, 5) is 0. The predicted octanol–water partition coefficient (Wildman–Crippen LogP) is 9.12. The molecule has 1 fully saturated rings. The summed E-state index contributed by atoms with van der Waals surface area (Å²) in [7, 11) is -10.8. The monoisotopic (exact) mass is 520 g/mol. The van der Waals surface area contributed by atoms with Crippen LogP contribution in [-0.4, -0.2) is 34.2 Å². The standard InChI is InChI=1S/C24H56O4Si4/c1-17-29(21(5,6)7)25-30(18-2,22(8,9)10)27-32(20-4,24(14,15)16)28-31(19-3,26-29)23(11,12)13/h17-20H2,1-16H3. The molecule has 32 heavy (non-hydrogen) atoms. The van der Waals surface area contributed by atoms with Crippen molar-refractivity contribution in [2.75, 3.05) is 0 Å². The average molecular weight is 521 g/mol. The van der Waals surface area contributed by atoms with Gasteiger partial charge in [-0.05, 0) is 24.2 Å². The Kier molecular flexibility index (Phi) is 8.93. The van der Waals surface area contributed by atoms with Crippen LogP contribution in [0, 0.1) is 0 Å². The molecule has 0 aromatic rings. The fourth-order valence-corrected chi connectivity index (χ4v) is 34.4. The van der Waals surface area contributed by atoms with E-state index in [1.807, 2.05) is 0 Å². The Morgan fingerprint density at radius 2 is 0.469 bits per heavy atom. The topological polar surface area (TPSA) is 36.9 Å². The van der Waals surface area contributed by atoms with Crippen LogP contribution in [0.3, 0.4) is 0 Å². The molecular weight excluding hydrogens is 465 g/mol. The van der Waals surface area contributed by atoms with Crippen LogP contribution in [0.2, 0.25) is 44.3 Å². The first-order valence-corrected chi connectivity index (χ1v) is 21.0. The molecule has 0 atom stereocenters. The van der Waals surface area contributed by atoms with E-state index in [4.69, 9.17) is 16.5 Å². The molecule has 0 bridgehead atoms. The van der Waals surface area contributed by atoms with Crippen molar-refractivity contribution < 1.29 is 16.5 Å². The molecule has 4 nitrogen and oxygen atoms in total. The summed E-state index contributed by atoms with van der Waals surface area (Å²) < 4.78 is 30.5. The van der Waals surface area contributed by atoms with Gasteiger partial charge in [-0.25, -0.2) is 0 Å². The molecule has 0 unspecified atom stereocenters. The van der Waals surface area contributed by atoms with Gasteiger partial charge in [0.2, 0.25) is 0 Å². The molecule has 0 aromatic carbocycles. The highest BCUT2D eigenvalue weighted by atomic mass is 28.5. The molecule has 0 spiro atoms. The molecule has 0 N–H and O–H groups in total. The zero-order valence-electron chi connectivity index (χ0n) is 24.5. The largest absolute Gasteiger partial charge is 0.415 e. The molecule has 1 saturated heterocycles. The minimum atomic E-state index is -2.71. The molecule has 0 radical (unpaired) electrons. The highest BCUT2D eigenvalue weighted by Crippen LogP contribution is 2.58. The molecular formula is C24H56O4Si4. The Morgan fingerprint density at radius 3 is 0.531 bits per heavy atom. The third kappa shape index (κ3) is 5.13. The van der Waals surface area contributed by atoms with Gasteiger partial charge in [-0.1, -0.05) is 111 Å². The van der Waals surface area contributed by atoms with Crippen LogP contribution in [0.25, 0.3) is 0 Å². The zero-order chi connectivity index (χ0) is 25.7. The fourth-order valence-electron chi connectivity index (χ4n) is 5.07. The molecule has 192 valence electrons. The average Bonchev–Trinajstić information content (AvgIpc) is 2.58. The van der Waals surface area contributed by atoms with Crippen molar-refractivity contribution in [1.29, 1.82) is 0 Å². The van der Waals surface area contributed by atoms with E-state index in [1.165, 1.54) is 0 Å². The van der Waals surface area contributed by atoms with Gasteiger partial charge in [-0.15, -0.1) is 0 Å². The van der Waals surface area contributed by atoms with E-state index in [1.54, 1.807) is 0 Å². The van der Waals surface area contributed by atoms with Gasteiger partial charge in [-0.2, -0.15) is 0 Å². The van der Waals surface area contributed by atoms with Crippen molar-refractivity contribution in [3.63, 3.8) is 0 Å². The molecule has 1 aliphatic heterocycles. The summed E-state index contributed by atoms with van der Waals surface area (Å²) >= 11 is 0. The van der Waals surface area contributed by atoms with E-state index in [0.29, 0.717) is 0 Å². The van der Waals surface area contributed by atoms with Gasteiger partial charge in [0.15, 0.2) is 0 Å². The van der Waals surface area contributed by atoms with E-state index < -0.39 is 34.2 Å². The fraction of sp³-hybridized carbons (Fsp3) is 1.00. The number of hydrogen-bond acceptors (Lipinski definition) is 4. The first-order valence-electron chi connectivity index (χ1n) is 12.9. The maximum atomic E-state index is 7.62. The number of hydrogen-bond donors (Lipinski definition) is 0. The Balaban J connectivity index is 4.12. The van der Waals surface area contributed by atoms with Gasteiger partial charge in [0, 0.05) is 20.2 Å². The SMILES string of the molecule is CC[Si]1(C(C)(C)C)O[Si](CC)(C(C)(C)C)O[Si](CC)(C(C)(C)C)O[Si](CC)(C(C)(C)C)O1. The molecule has 0 saturated carbocycles. The maximum absolute atomic E-state index is 7.62. The van der Waals surface area contributed by atoms with Crippen molar-refractivity contribution >= 4 is 34.2 Å². The van der Waals surface area contributed by atoms with E-state index in [9.17, 15) is 0 Å². The summed E-state index contributed by atoms with van der Waals surface area (Å²) in [5.41, 5.74) is 0. The van der Waals surface area contributed by atoms with E-state index in [2.05, 4.69) is 111 Å². The van der Waals surface area contributed by atoms with Crippen LogP contribution in [0.5, 0.6) is 0 Å². The van der Waals surface area contributed by atoms with Crippen LogP contribution >= 0.6 is 0 Å². The van der Waals surface area contributed by atoms with Crippen molar-refractivity contribution in [1.82, 2.24) is 0 Å². The summed E-state index contributed by atoms with van der Waals surface area (Å²) in [6, 6.07) is 3.65. The van der Waals surface area contributed by atoms with Crippen LogP contribution in [0.1, 0.15) is 111 Å². The minimum Gasteiger partial charge on any atom is -0.415 e. The number of rotatable bonds is 4. The molecule has 0 aromatic heterocycles. The molecule has 0 aliphatic carbocycles. The second kappa shape index (κ2) is 9.30. The van der Waals surface area contributed by atoms with Crippen LogP contribution < -0.4 is 0 Å². The molecule has 1 heterocycles. The summed E-state index contributed by atoms with van der Waals surface area (Å²) in [6.07, 6.45) is 0. The van der Waals surface area contributed by atoms with E-state index in [-0.39, 0.29) is 20.2 Å². The lowest BCUT2D eigenvalue weighted by molar-refractivity contribution is 0.161. The maximum Gasteiger partial charge on any atom is 0.325 e. The van der Waals surface area contributed by atoms with Crippen LogP contribution in [0.15, 0.2) is 0 Å². The summed E-state index contributed by atoms with van der Waals surface area (Å²) in [5, 5.41) is -0.328. The van der Waals surface area contributed by atoms with Gasteiger partial charge in [-0.3, -0.25) is 0 Å². The Hall–Kier alpha value is 0.708. The Morgan fingerprint density at radius 1 is 0.344 bits per heavy atom. The molecule has 8 heteroatoms. The predicted molar refractivity (Wildman–Crippen MR) is 148 cm³/mol. The second-order valence-corrected chi connectivity index (χ2v) is 32.0. The lowest BCUT2D eigenvalue weighted by Crippen LogP contribution is -2.76. The highest BCUT2D eigenvalue weighted by Gasteiger charge is 2.70. The second-order valence-electron chi connectivity index (χ2n) is 13.8. The highest BCUT2D eigenvalue weighted by molar-refractivity contribution is 6.97. The lowest BCUT2D eigenvalue weighted by atomic mass is 10.2. The van der Waals surface area contributed by atoms with E-state index in [0.717, 1.165) is 24.2 Å². The quantitative estimate of drug-likeness (QED) is 0.346. The Labute approximate surface area is 205 Å². The van der Waals surface area contributed by atoms with Gasteiger partial charge >= 0.3 is 34.2 Å². The van der Waals surface area contributed by atoms with Gasteiger partial charge < -0.3 is 16.5 Å². The van der Waals surface area contributed by atoms with Crippen molar-refractivity contribution in [2.24, 2.45) is 0 Å². The smallest absolute Gasteiger partial charge is 0.325 e. The Bertz CT molecular complexity index is 518. The van der Waals surface area contributed by atoms with Crippen molar-refractivity contribution in [3.8, 4) is 0 Å². The summed E-state index contributed by atoms with van der Waals surface area (Å²) in [5.74, 6) is 0. The zero-order valence-corrected chi connectivity index (χ0v) is 28.5. The van der Waals surface area contributed by atoms with Crippen LogP contribution in [0.4, 0.5) is 0 Å².